The summed E-state index contributed by atoms with van der Waals surface area (Å²) in [5.74, 6) is 0.141. The van der Waals surface area contributed by atoms with Crippen LogP contribution < -0.4 is 5.56 Å². The third-order valence-electron chi connectivity index (χ3n) is 3.84. The molecule has 5 heteroatoms. The van der Waals surface area contributed by atoms with Gasteiger partial charge in [-0.3, -0.25) is 14.2 Å². The molecule has 0 N–H and O–H groups in total. The van der Waals surface area contributed by atoms with Crippen LogP contribution in [0.4, 0.5) is 0 Å². The molecule has 0 spiro atoms. The van der Waals surface area contributed by atoms with E-state index in [-0.39, 0.29) is 16.6 Å². The van der Waals surface area contributed by atoms with Crippen molar-refractivity contribution in [1.29, 1.82) is 0 Å². The normalized spacial score (nSPS) is 12.2. The summed E-state index contributed by atoms with van der Waals surface area (Å²) in [5, 5.41) is 0.859. The zero-order valence-electron chi connectivity index (χ0n) is 13.6. The van der Waals surface area contributed by atoms with Crippen molar-refractivity contribution in [2.75, 3.05) is 0 Å². The van der Waals surface area contributed by atoms with Crippen LogP contribution >= 0.6 is 11.8 Å². The van der Waals surface area contributed by atoms with E-state index < -0.39 is 0 Å². The third-order valence-corrected chi connectivity index (χ3v) is 4.94. The number of fused-ring (bicyclic) bond motifs is 1. The number of nitrogens with zero attached hydrogens (tertiary/aromatic N) is 2. The number of thioether (sulfide) groups is 1. The first-order valence-electron chi connectivity index (χ1n) is 7.88. The molecule has 4 nitrogen and oxygen atoms in total. The Balaban J connectivity index is 2.22. The second-order valence-corrected chi connectivity index (χ2v) is 6.78. The van der Waals surface area contributed by atoms with E-state index in [1.54, 1.807) is 10.6 Å². The van der Waals surface area contributed by atoms with Crippen molar-refractivity contribution in [3.63, 3.8) is 0 Å². The molecule has 3 aromatic rings. The molecule has 0 fully saturated rings. The summed E-state index contributed by atoms with van der Waals surface area (Å²) < 4.78 is 1.59. The van der Waals surface area contributed by atoms with Crippen LogP contribution in [0.2, 0.25) is 0 Å². The Bertz CT molecular complexity index is 935. The van der Waals surface area contributed by atoms with Crippen LogP contribution in [0.25, 0.3) is 16.6 Å². The van der Waals surface area contributed by atoms with Gasteiger partial charge in [0.05, 0.1) is 21.8 Å². The van der Waals surface area contributed by atoms with E-state index in [1.807, 2.05) is 62.4 Å². The van der Waals surface area contributed by atoms with Crippen molar-refractivity contribution in [3.8, 4) is 5.69 Å². The summed E-state index contributed by atoms with van der Waals surface area (Å²) in [6, 6.07) is 16.7. The van der Waals surface area contributed by atoms with Gasteiger partial charge in [0.15, 0.2) is 5.16 Å². The molecule has 1 heterocycles. The number of hydrogen-bond acceptors (Lipinski definition) is 4. The molecule has 1 aromatic heterocycles. The van der Waals surface area contributed by atoms with Gasteiger partial charge in [-0.05, 0) is 31.2 Å². The average Bonchev–Trinajstić information content (AvgIpc) is 2.62. The van der Waals surface area contributed by atoms with Crippen LogP contribution in [-0.2, 0) is 4.79 Å². The zero-order chi connectivity index (χ0) is 17.1. The summed E-state index contributed by atoms with van der Waals surface area (Å²) in [7, 11) is 0. The first-order chi connectivity index (χ1) is 11.6. The van der Waals surface area contributed by atoms with Crippen molar-refractivity contribution in [2.45, 2.75) is 30.7 Å². The standard InChI is InChI=1S/C19H18N2O2S/c1-3-17(22)13(2)24-19-20-16-12-8-7-11-15(16)18(23)21(19)14-9-5-4-6-10-14/h4-13H,3H2,1-2H3. The van der Waals surface area contributed by atoms with Gasteiger partial charge in [-0.15, -0.1) is 0 Å². The highest BCUT2D eigenvalue weighted by Crippen LogP contribution is 2.25. The second-order valence-electron chi connectivity index (χ2n) is 5.47. The van der Waals surface area contributed by atoms with E-state index in [4.69, 9.17) is 0 Å². The summed E-state index contributed by atoms with van der Waals surface area (Å²) in [4.78, 5) is 29.6. The van der Waals surface area contributed by atoms with Crippen LogP contribution in [0, 0.1) is 0 Å². The lowest BCUT2D eigenvalue weighted by atomic mass is 10.2. The number of carbonyl (C=O) groups excluding carboxylic acids is 1. The van der Waals surface area contributed by atoms with Gasteiger partial charge in [-0.2, -0.15) is 0 Å². The predicted molar refractivity (Wildman–Crippen MR) is 98.0 cm³/mol. The summed E-state index contributed by atoms with van der Waals surface area (Å²) in [6.07, 6.45) is 0.470. The molecule has 122 valence electrons. The molecule has 1 unspecified atom stereocenters. The van der Waals surface area contributed by atoms with Crippen molar-refractivity contribution in [3.05, 3.63) is 65.0 Å². The first-order valence-corrected chi connectivity index (χ1v) is 8.76. The average molecular weight is 338 g/mol. The lowest BCUT2D eigenvalue weighted by molar-refractivity contribution is -0.118. The highest BCUT2D eigenvalue weighted by molar-refractivity contribution is 8.00. The van der Waals surface area contributed by atoms with Crippen molar-refractivity contribution >= 4 is 28.4 Å². The Morgan fingerprint density at radius 2 is 1.79 bits per heavy atom. The predicted octanol–water partition coefficient (Wildman–Crippen LogP) is 3.85. The van der Waals surface area contributed by atoms with Gasteiger partial charge >= 0.3 is 0 Å². The molecule has 0 aliphatic carbocycles. The topological polar surface area (TPSA) is 52.0 Å². The van der Waals surface area contributed by atoms with Crippen LogP contribution in [0.15, 0.2) is 64.5 Å². The summed E-state index contributed by atoms with van der Waals surface area (Å²) >= 11 is 1.33. The molecule has 24 heavy (non-hydrogen) atoms. The van der Waals surface area contributed by atoms with Crippen molar-refractivity contribution in [2.24, 2.45) is 0 Å². The number of ketones is 1. The van der Waals surface area contributed by atoms with E-state index in [1.165, 1.54) is 11.8 Å². The van der Waals surface area contributed by atoms with E-state index in [0.29, 0.717) is 22.5 Å². The minimum atomic E-state index is -0.252. The smallest absolute Gasteiger partial charge is 0.266 e. The van der Waals surface area contributed by atoms with Crippen LogP contribution in [-0.4, -0.2) is 20.6 Å². The number of carbonyl (C=O) groups is 1. The van der Waals surface area contributed by atoms with E-state index >= 15 is 0 Å². The maximum absolute atomic E-state index is 13.0. The number of aromatic nitrogens is 2. The highest BCUT2D eigenvalue weighted by Gasteiger charge is 2.18. The van der Waals surface area contributed by atoms with Crippen LogP contribution in [0.5, 0.6) is 0 Å². The molecule has 0 bridgehead atoms. The van der Waals surface area contributed by atoms with Gasteiger partial charge in [0.25, 0.3) is 5.56 Å². The Morgan fingerprint density at radius 1 is 1.12 bits per heavy atom. The largest absolute Gasteiger partial charge is 0.298 e. The Labute approximate surface area is 144 Å². The second kappa shape index (κ2) is 7.01. The maximum atomic E-state index is 13.0. The Morgan fingerprint density at radius 3 is 2.50 bits per heavy atom. The molecule has 0 amide bonds. The fraction of sp³-hybridized carbons (Fsp3) is 0.211. The highest BCUT2D eigenvalue weighted by atomic mass is 32.2. The van der Waals surface area contributed by atoms with Gasteiger partial charge in [-0.25, -0.2) is 4.98 Å². The number of benzene rings is 2. The minimum Gasteiger partial charge on any atom is -0.298 e. The lowest BCUT2D eigenvalue weighted by Crippen LogP contribution is -2.23. The van der Waals surface area contributed by atoms with Crippen LogP contribution in [0.3, 0.4) is 0 Å². The van der Waals surface area contributed by atoms with E-state index in [0.717, 1.165) is 5.69 Å². The van der Waals surface area contributed by atoms with Crippen LogP contribution in [0.1, 0.15) is 20.3 Å². The van der Waals surface area contributed by atoms with Gasteiger partial charge in [0, 0.05) is 6.42 Å². The fourth-order valence-corrected chi connectivity index (χ4v) is 3.57. The molecule has 1 atom stereocenters. The van der Waals surface area contributed by atoms with Crippen molar-refractivity contribution < 1.29 is 4.79 Å². The molecular weight excluding hydrogens is 320 g/mol. The number of rotatable bonds is 5. The van der Waals surface area contributed by atoms with Gasteiger partial charge in [0.2, 0.25) is 0 Å². The van der Waals surface area contributed by atoms with Crippen molar-refractivity contribution in [1.82, 2.24) is 9.55 Å². The zero-order valence-corrected chi connectivity index (χ0v) is 14.4. The summed E-state index contributed by atoms with van der Waals surface area (Å²) in [5.41, 5.74) is 1.28. The molecule has 3 rings (SSSR count). The number of hydrogen-bond donors (Lipinski definition) is 0. The molecule has 0 saturated carbocycles. The molecular formula is C19H18N2O2S. The monoisotopic (exact) mass is 338 g/mol. The number of Topliss-reactive ketones (excluding diaryl/α,β-unsaturated/α-hetero) is 1. The van der Waals surface area contributed by atoms with Gasteiger partial charge < -0.3 is 0 Å². The molecule has 0 radical (unpaired) electrons. The minimum absolute atomic E-state index is 0.120. The fourth-order valence-electron chi connectivity index (χ4n) is 2.51. The lowest BCUT2D eigenvalue weighted by Gasteiger charge is -2.15. The molecule has 0 saturated heterocycles. The SMILES string of the molecule is CCC(=O)C(C)Sc1nc2ccccc2c(=O)n1-c1ccccc1. The van der Waals surface area contributed by atoms with E-state index in [9.17, 15) is 9.59 Å². The van der Waals surface area contributed by atoms with E-state index in [2.05, 4.69) is 4.98 Å². The molecule has 0 aliphatic heterocycles. The Hall–Kier alpha value is -2.40. The Kier molecular flexibility index (Phi) is 4.81. The van der Waals surface area contributed by atoms with Gasteiger partial charge in [-0.1, -0.05) is 49.0 Å². The quantitative estimate of drug-likeness (QED) is 0.524. The maximum Gasteiger partial charge on any atom is 0.266 e. The summed E-state index contributed by atoms with van der Waals surface area (Å²) in [6.45, 7) is 3.70. The number of para-hydroxylation sites is 2. The molecule has 0 aliphatic rings. The van der Waals surface area contributed by atoms with Gasteiger partial charge in [0.1, 0.15) is 5.78 Å². The third kappa shape index (κ3) is 3.12. The first kappa shape index (κ1) is 16.5. The molecule has 2 aromatic carbocycles.